The first-order valence-corrected chi connectivity index (χ1v) is 12.2. The predicted molar refractivity (Wildman–Crippen MR) is 133 cm³/mol. The Morgan fingerprint density at radius 3 is 2.50 bits per heavy atom. The van der Waals surface area contributed by atoms with Gasteiger partial charge in [0.25, 0.3) is 0 Å². The zero-order chi connectivity index (χ0) is 23.7. The van der Waals surface area contributed by atoms with Crippen LogP contribution in [0.3, 0.4) is 0 Å². The monoisotopic (exact) mass is 476 g/mol. The molecule has 0 aliphatic heterocycles. The van der Waals surface area contributed by atoms with Crippen LogP contribution >= 0.6 is 23.4 Å². The van der Waals surface area contributed by atoms with Crippen molar-refractivity contribution in [1.29, 1.82) is 0 Å². The van der Waals surface area contributed by atoms with Gasteiger partial charge < -0.3 is 15.0 Å². The lowest BCUT2D eigenvalue weighted by atomic mass is 10.1. The van der Waals surface area contributed by atoms with Gasteiger partial charge in [0.2, 0.25) is 11.8 Å². The number of amides is 2. The number of ether oxygens (including phenoxy) is 1. The number of hydrogen-bond donors (Lipinski definition) is 1. The Hall–Kier alpha value is -2.18. The maximum atomic E-state index is 13.3. The van der Waals surface area contributed by atoms with Crippen molar-refractivity contribution in [3.8, 4) is 5.75 Å². The summed E-state index contributed by atoms with van der Waals surface area (Å²) in [6.07, 6.45) is 0.521. The predicted octanol–water partition coefficient (Wildman–Crippen LogP) is 5.30. The Kier molecular flexibility index (Phi) is 9.91. The summed E-state index contributed by atoms with van der Waals surface area (Å²) in [5.74, 6) is 1.38. The molecule has 7 heteroatoms. The molecule has 0 aliphatic carbocycles. The van der Waals surface area contributed by atoms with Crippen LogP contribution in [-0.4, -0.2) is 41.2 Å². The number of benzene rings is 2. The zero-order valence-corrected chi connectivity index (χ0v) is 21.1. The van der Waals surface area contributed by atoms with Crippen LogP contribution in [-0.2, 0) is 21.9 Å². The summed E-state index contributed by atoms with van der Waals surface area (Å²) in [4.78, 5) is 28.0. The largest absolute Gasteiger partial charge is 0.497 e. The summed E-state index contributed by atoms with van der Waals surface area (Å²) < 4.78 is 5.32. The highest BCUT2D eigenvalue weighted by molar-refractivity contribution is 7.99. The molecule has 0 saturated carbocycles. The Balaban J connectivity index is 2.19. The van der Waals surface area contributed by atoms with E-state index in [4.69, 9.17) is 16.3 Å². The minimum absolute atomic E-state index is 0.0826. The molecule has 174 valence electrons. The minimum Gasteiger partial charge on any atom is -0.497 e. The van der Waals surface area contributed by atoms with E-state index in [1.165, 1.54) is 11.8 Å². The van der Waals surface area contributed by atoms with Crippen molar-refractivity contribution in [2.75, 3.05) is 12.9 Å². The van der Waals surface area contributed by atoms with Crippen LogP contribution in [0.2, 0.25) is 5.02 Å². The second kappa shape index (κ2) is 12.2. The maximum absolute atomic E-state index is 13.3. The van der Waals surface area contributed by atoms with Crippen molar-refractivity contribution in [1.82, 2.24) is 10.2 Å². The van der Waals surface area contributed by atoms with E-state index in [1.54, 1.807) is 12.0 Å². The molecule has 0 radical (unpaired) electrons. The van der Waals surface area contributed by atoms with Crippen molar-refractivity contribution in [3.05, 3.63) is 64.7 Å². The Labute approximate surface area is 200 Å². The highest BCUT2D eigenvalue weighted by Crippen LogP contribution is 2.23. The molecule has 2 rings (SSSR count). The number of nitrogens with one attached hydrogen (secondary N) is 1. The maximum Gasteiger partial charge on any atom is 0.243 e. The molecule has 0 spiro atoms. The third-order valence-corrected chi connectivity index (χ3v) is 6.15. The number of hydrogen-bond acceptors (Lipinski definition) is 4. The van der Waals surface area contributed by atoms with Crippen LogP contribution in [0, 0.1) is 0 Å². The van der Waals surface area contributed by atoms with Crippen LogP contribution in [0.4, 0.5) is 0 Å². The number of methoxy groups -OCH3 is 1. The third kappa shape index (κ3) is 8.06. The highest BCUT2D eigenvalue weighted by atomic mass is 35.5. The average Bonchev–Trinajstić information content (AvgIpc) is 2.73. The van der Waals surface area contributed by atoms with Gasteiger partial charge in [0.05, 0.1) is 12.9 Å². The van der Waals surface area contributed by atoms with E-state index < -0.39 is 6.04 Å². The van der Waals surface area contributed by atoms with Crippen LogP contribution < -0.4 is 10.1 Å². The zero-order valence-electron chi connectivity index (χ0n) is 19.5. The van der Waals surface area contributed by atoms with Crippen LogP contribution in [0.25, 0.3) is 0 Å². The third-order valence-electron chi connectivity index (χ3n) is 4.81. The van der Waals surface area contributed by atoms with Crippen molar-refractivity contribution < 1.29 is 14.3 Å². The molecule has 2 amide bonds. The Morgan fingerprint density at radius 1 is 1.16 bits per heavy atom. The number of halogens is 1. The van der Waals surface area contributed by atoms with E-state index >= 15 is 0 Å². The molecule has 1 atom stereocenters. The van der Waals surface area contributed by atoms with E-state index in [1.807, 2.05) is 76.2 Å². The molecule has 0 heterocycles. The molecule has 1 N–H and O–H groups in total. The molecule has 1 unspecified atom stereocenters. The van der Waals surface area contributed by atoms with E-state index in [2.05, 4.69) is 5.32 Å². The summed E-state index contributed by atoms with van der Waals surface area (Å²) >= 11 is 7.74. The van der Waals surface area contributed by atoms with Gasteiger partial charge in [0, 0.05) is 22.9 Å². The molecule has 2 aromatic carbocycles. The Bertz CT molecular complexity index is 914. The van der Waals surface area contributed by atoms with Gasteiger partial charge in [0.1, 0.15) is 11.8 Å². The normalized spacial score (nSPS) is 12.2. The fourth-order valence-corrected chi connectivity index (χ4v) is 4.48. The van der Waals surface area contributed by atoms with E-state index in [9.17, 15) is 9.59 Å². The molecule has 32 heavy (non-hydrogen) atoms. The van der Waals surface area contributed by atoms with Gasteiger partial charge in [-0.25, -0.2) is 0 Å². The summed E-state index contributed by atoms with van der Waals surface area (Å²) in [5, 5.41) is 3.71. The first-order valence-electron chi connectivity index (χ1n) is 10.7. The summed E-state index contributed by atoms with van der Waals surface area (Å²) in [6.45, 7) is 8.07. The lowest BCUT2D eigenvalue weighted by molar-refractivity contribution is -0.140. The van der Waals surface area contributed by atoms with Gasteiger partial charge in [-0.05, 0) is 56.5 Å². The van der Waals surface area contributed by atoms with Gasteiger partial charge in [-0.1, -0.05) is 48.9 Å². The van der Waals surface area contributed by atoms with E-state index in [0.717, 1.165) is 16.9 Å². The van der Waals surface area contributed by atoms with Crippen LogP contribution in [0.5, 0.6) is 5.75 Å². The molecular formula is C25H33ClN2O3S. The number of carbonyl (C=O) groups is 2. The SMILES string of the molecule is CCC(C(=O)NC(C)(C)C)N(Cc1cccc(OC)c1)C(=O)CSCc1ccccc1Cl. The molecule has 0 aliphatic rings. The lowest BCUT2D eigenvalue weighted by Gasteiger charge is -2.33. The fraction of sp³-hybridized carbons (Fsp3) is 0.440. The van der Waals surface area contributed by atoms with Gasteiger partial charge in [-0.2, -0.15) is 0 Å². The first-order chi connectivity index (χ1) is 15.1. The fourth-order valence-electron chi connectivity index (χ4n) is 3.29. The molecule has 0 saturated heterocycles. The van der Waals surface area contributed by atoms with Gasteiger partial charge in [0.15, 0.2) is 0 Å². The minimum atomic E-state index is -0.561. The summed E-state index contributed by atoms with van der Waals surface area (Å²) in [6, 6.07) is 14.6. The summed E-state index contributed by atoms with van der Waals surface area (Å²) in [5.41, 5.74) is 1.52. The van der Waals surface area contributed by atoms with Crippen molar-refractivity contribution in [2.24, 2.45) is 0 Å². The average molecular weight is 477 g/mol. The van der Waals surface area contributed by atoms with E-state index in [0.29, 0.717) is 23.7 Å². The molecule has 0 bridgehead atoms. The first kappa shape index (κ1) is 26.1. The quantitative estimate of drug-likeness (QED) is 0.505. The molecule has 0 aromatic heterocycles. The smallest absolute Gasteiger partial charge is 0.243 e. The summed E-state index contributed by atoms with van der Waals surface area (Å²) in [7, 11) is 1.61. The second-order valence-electron chi connectivity index (χ2n) is 8.62. The number of carbonyl (C=O) groups excluding carboxylic acids is 2. The van der Waals surface area contributed by atoms with Crippen molar-refractivity contribution in [3.63, 3.8) is 0 Å². The standard InChI is InChI=1S/C25H33ClN2O3S/c1-6-22(24(30)27-25(2,3)4)28(15-18-10-9-12-20(14-18)31-5)23(29)17-32-16-19-11-7-8-13-21(19)26/h7-14,22H,6,15-17H2,1-5H3,(H,27,30). The van der Waals surface area contributed by atoms with Crippen LogP contribution in [0.15, 0.2) is 48.5 Å². The second-order valence-corrected chi connectivity index (χ2v) is 10.0. The molecule has 2 aromatic rings. The lowest BCUT2D eigenvalue weighted by Crippen LogP contribution is -2.53. The number of nitrogens with zero attached hydrogens (tertiary/aromatic N) is 1. The molecular weight excluding hydrogens is 444 g/mol. The van der Waals surface area contributed by atoms with Crippen molar-refractivity contribution in [2.45, 2.75) is 58.0 Å². The number of rotatable bonds is 10. The van der Waals surface area contributed by atoms with Gasteiger partial charge in [-0.15, -0.1) is 11.8 Å². The number of thioether (sulfide) groups is 1. The topological polar surface area (TPSA) is 58.6 Å². The van der Waals surface area contributed by atoms with Gasteiger partial charge >= 0.3 is 0 Å². The van der Waals surface area contributed by atoms with E-state index in [-0.39, 0.29) is 23.1 Å². The Morgan fingerprint density at radius 2 is 1.88 bits per heavy atom. The van der Waals surface area contributed by atoms with Crippen molar-refractivity contribution >= 4 is 35.2 Å². The molecule has 5 nitrogen and oxygen atoms in total. The highest BCUT2D eigenvalue weighted by Gasteiger charge is 2.30. The molecule has 0 fully saturated rings. The van der Waals surface area contributed by atoms with Crippen LogP contribution in [0.1, 0.15) is 45.2 Å². The van der Waals surface area contributed by atoms with Gasteiger partial charge in [-0.3, -0.25) is 9.59 Å².